The van der Waals surface area contributed by atoms with Gasteiger partial charge in [-0.3, -0.25) is 14.5 Å². The van der Waals surface area contributed by atoms with Crippen molar-refractivity contribution in [2.75, 3.05) is 18.0 Å². The molecule has 2 heterocycles. The van der Waals surface area contributed by atoms with E-state index in [9.17, 15) is 18.0 Å². The zero-order chi connectivity index (χ0) is 23.6. The Balaban J connectivity index is 1.56. The van der Waals surface area contributed by atoms with Gasteiger partial charge in [-0.25, -0.2) is 8.42 Å². The Morgan fingerprint density at radius 1 is 1.06 bits per heavy atom. The molecule has 2 aliphatic rings. The highest BCUT2D eigenvalue weighted by Gasteiger charge is 2.38. The van der Waals surface area contributed by atoms with Crippen LogP contribution >= 0.6 is 11.6 Å². The second-order valence-electron chi connectivity index (χ2n) is 8.44. The summed E-state index contributed by atoms with van der Waals surface area (Å²) in [6.07, 6.45) is 3.28. The SMILES string of the molecule is CCC(=O)N1c2ccc(S(=O)(=O)N3CCCCC3)cc2C[C@H]1C(=O)NCc1ccc(Cl)cc1. The monoisotopic (exact) mass is 489 g/mol. The van der Waals surface area contributed by atoms with Crippen LogP contribution in [0.3, 0.4) is 0 Å². The van der Waals surface area contributed by atoms with Crippen LogP contribution in [0.2, 0.25) is 5.02 Å². The number of amides is 2. The van der Waals surface area contributed by atoms with Gasteiger partial charge in [-0.05, 0) is 54.3 Å². The first-order chi connectivity index (χ1) is 15.8. The van der Waals surface area contributed by atoms with Gasteiger partial charge < -0.3 is 5.32 Å². The van der Waals surface area contributed by atoms with Crippen molar-refractivity contribution in [3.8, 4) is 0 Å². The Hall–Kier alpha value is -2.42. The fourth-order valence-corrected chi connectivity index (χ4v) is 6.13. The van der Waals surface area contributed by atoms with Crippen LogP contribution in [-0.2, 0) is 32.6 Å². The third kappa shape index (κ3) is 4.93. The zero-order valence-electron chi connectivity index (χ0n) is 18.6. The molecule has 2 aromatic carbocycles. The summed E-state index contributed by atoms with van der Waals surface area (Å²) >= 11 is 5.92. The summed E-state index contributed by atoms with van der Waals surface area (Å²) in [7, 11) is -3.60. The first kappa shape index (κ1) is 23.7. The molecule has 0 spiro atoms. The predicted octanol–water partition coefficient (Wildman–Crippen LogP) is 3.50. The van der Waals surface area contributed by atoms with Crippen LogP contribution in [0.5, 0.6) is 0 Å². The maximum Gasteiger partial charge on any atom is 0.243 e. The predicted molar refractivity (Wildman–Crippen MR) is 128 cm³/mol. The molecule has 1 atom stereocenters. The van der Waals surface area contributed by atoms with Crippen molar-refractivity contribution in [2.45, 2.75) is 56.5 Å². The summed E-state index contributed by atoms with van der Waals surface area (Å²) in [4.78, 5) is 27.5. The highest BCUT2D eigenvalue weighted by molar-refractivity contribution is 7.89. The fourth-order valence-electron chi connectivity index (χ4n) is 4.44. The molecule has 0 saturated carbocycles. The van der Waals surface area contributed by atoms with Crippen LogP contribution in [0.4, 0.5) is 5.69 Å². The first-order valence-electron chi connectivity index (χ1n) is 11.3. The number of carbonyl (C=O) groups excluding carboxylic acids is 2. The maximum absolute atomic E-state index is 13.1. The number of fused-ring (bicyclic) bond motifs is 1. The smallest absolute Gasteiger partial charge is 0.243 e. The van der Waals surface area contributed by atoms with E-state index in [1.165, 1.54) is 9.21 Å². The number of anilines is 1. The highest BCUT2D eigenvalue weighted by atomic mass is 35.5. The third-order valence-electron chi connectivity index (χ3n) is 6.24. The lowest BCUT2D eigenvalue weighted by atomic mass is 10.1. The van der Waals surface area contributed by atoms with Gasteiger partial charge in [0.2, 0.25) is 21.8 Å². The van der Waals surface area contributed by atoms with E-state index in [0.29, 0.717) is 35.9 Å². The zero-order valence-corrected chi connectivity index (χ0v) is 20.2. The Morgan fingerprint density at radius 3 is 2.42 bits per heavy atom. The lowest BCUT2D eigenvalue weighted by Crippen LogP contribution is -2.47. The van der Waals surface area contributed by atoms with E-state index in [-0.39, 0.29) is 29.6 Å². The van der Waals surface area contributed by atoms with Crippen LogP contribution in [0, 0.1) is 0 Å². The molecule has 1 saturated heterocycles. The number of piperidine rings is 1. The molecule has 0 aromatic heterocycles. The fraction of sp³-hybridized carbons (Fsp3) is 0.417. The van der Waals surface area contributed by atoms with E-state index in [1.807, 2.05) is 12.1 Å². The van der Waals surface area contributed by atoms with E-state index in [2.05, 4.69) is 5.32 Å². The maximum atomic E-state index is 13.1. The molecule has 0 bridgehead atoms. The molecule has 0 unspecified atom stereocenters. The molecule has 2 aliphatic heterocycles. The molecule has 176 valence electrons. The number of hydrogen-bond donors (Lipinski definition) is 1. The van der Waals surface area contributed by atoms with Crippen LogP contribution in [0.25, 0.3) is 0 Å². The van der Waals surface area contributed by atoms with Crippen molar-refractivity contribution in [3.63, 3.8) is 0 Å². The largest absolute Gasteiger partial charge is 0.350 e. The molecule has 9 heteroatoms. The average molecular weight is 490 g/mol. The number of carbonyl (C=O) groups is 2. The second-order valence-corrected chi connectivity index (χ2v) is 10.8. The topological polar surface area (TPSA) is 86.8 Å². The summed E-state index contributed by atoms with van der Waals surface area (Å²) in [6, 6.07) is 11.3. The van der Waals surface area contributed by atoms with Crippen molar-refractivity contribution in [2.24, 2.45) is 0 Å². The van der Waals surface area contributed by atoms with E-state index in [1.54, 1.807) is 37.3 Å². The van der Waals surface area contributed by atoms with Gasteiger partial charge in [0.1, 0.15) is 6.04 Å². The number of hydrogen-bond acceptors (Lipinski definition) is 4. The Kier molecular flexibility index (Phi) is 7.07. The molecule has 1 fully saturated rings. The molecule has 33 heavy (non-hydrogen) atoms. The standard InChI is InChI=1S/C24H28ClN3O4S/c1-2-23(29)28-21-11-10-20(33(31,32)27-12-4-3-5-13-27)14-18(21)15-22(28)24(30)26-16-17-6-8-19(25)9-7-17/h6-11,14,22H,2-5,12-13,15-16H2,1H3,(H,26,30)/t22-/m0/s1. The molecule has 0 aliphatic carbocycles. The first-order valence-corrected chi connectivity index (χ1v) is 13.1. The van der Waals surface area contributed by atoms with E-state index < -0.39 is 16.1 Å². The van der Waals surface area contributed by atoms with E-state index >= 15 is 0 Å². The van der Waals surface area contributed by atoms with Gasteiger partial charge in [-0.2, -0.15) is 4.31 Å². The summed E-state index contributed by atoms with van der Waals surface area (Å²) in [6.45, 7) is 3.11. The van der Waals surface area contributed by atoms with Crippen molar-refractivity contribution in [1.82, 2.24) is 9.62 Å². The molecular formula is C24H28ClN3O4S. The Labute approximate surface area is 199 Å². The van der Waals surface area contributed by atoms with Crippen LogP contribution in [-0.4, -0.2) is 43.7 Å². The van der Waals surface area contributed by atoms with Gasteiger partial charge in [0.25, 0.3) is 0 Å². The minimum Gasteiger partial charge on any atom is -0.350 e. The Bertz CT molecular complexity index is 1140. The van der Waals surface area contributed by atoms with Gasteiger partial charge in [0.15, 0.2) is 0 Å². The summed E-state index contributed by atoms with van der Waals surface area (Å²) < 4.78 is 27.8. The second kappa shape index (κ2) is 9.83. The molecule has 4 rings (SSSR count). The van der Waals surface area contributed by atoms with Crippen LogP contribution in [0.1, 0.15) is 43.7 Å². The highest BCUT2D eigenvalue weighted by Crippen LogP contribution is 2.35. The molecule has 2 aromatic rings. The average Bonchev–Trinajstić information content (AvgIpc) is 3.22. The van der Waals surface area contributed by atoms with Crippen LogP contribution < -0.4 is 10.2 Å². The van der Waals surface area contributed by atoms with Crippen molar-refractivity contribution >= 4 is 39.1 Å². The minimum absolute atomic E-state index is 0.174. The molecule has 2 amide bonds. The summed E-state index contributed by atoms with van der Waals surface area (Å²) in [5.41, 5.74) is 2.19. The van der Waals surface area contributed by atoms with Gasteiger partial charge in [0.05, 0.1) is 4.90 Å². The quantitative estimate of drug-likeness (QED) is 0.672. The Morgan fingerprint density at radius 2 is 1.76 bits per heavy atom. The number of nitrogens with one attached hydrogen (secondary N) is 1. The lowest BCUT2D eigenvalue weighted by Gasteiger charge is -2.26. The number of sulfonamides is 1. The molecule has 7 nitrogen and oxygen atoms in total. The number of benzene rings is 2. The number of nitrogens with zero attached hydrogens (tertiary/aromatic N) is 2. The lowest BCUT2D eigenvalue weighted by molar-refractivity contribution is -0.126. The molecular weight excluding hydrogens is 462 g/mol. The van der Waals surface area contributed by atoms with Crippen LogP contribution in [0.15, 0.2) is 47.4 Å². The van der Waals surface area contributed by atoms with Crippen molar-refractivity contribution < 1.29 is 18.0 Å². The summed E-state index contributed by atoms with van der Waals surface area (Å²) in [5, 5.41) is 3.52. The van der Waals surface area contributed by atoms with Gasteiger partial charge >= 0.3 is 0 Å². The normalized spacial score (nSPS) is 18.7. The molecule has 0 radical (unpaired) electrons. The molecule has 1 N–H and O–H groups in total. The van der Waals surface area contributed by atoms with Gasteiger partial charge in [-0.15, -0.1) is 0 Å². The van der Waals surface area contributed by atoms with Gasteiger partial charge in [0, 0.05) is 43.2 Å². The van der Waals surface area contributed by atoms with E-state index in [4.69, 9.17) is 11.6 Å². The van der Waals surface area contributed by atoms with Crippen molar-refractivity contribution in [1.29, 1.82) is 0 Å². The number of halogens is 1. The summed E-state index contributed by atoms with van der Waals surface area (Å²) in [5.74, 6) is -0.449. The van der Waals surface area contributed by atoms with Crippen molar-refractivity contribution in [3.05, 3.63) is 58.6 Å². The minimum atomic E-state index is -3.60. The van der Waals surface area contributed by atoms with E-state index in [0.717, 1.165) is 24.8 Å². The third-order valence-corrected chi connectivity index (χ3v) is 8.39. The van der Waals surface area contributed by atoms with Gasteiger partial charge in [-0.1, -0.05) is 37.1 Å². The number of rotatable bonds is 6.